The van der Waals surface area contributed by atoms with Crippen molar-refractivity contribution in [2.24, 2.45) is 0 Å². The van der Waals surface area contributed by atoms with Gasteiger partial charge in [0.2, 0.25) is 0 Å². The molecule has 1 aromatic heterocycles. The number of hydrogen-bond acceptors (Lipinski definition) is 4. The Balaban J connectivity index is 2.07. The second-order valence-corrected chi connectivity index (χ2v) is 6.93. The first-order valence-corrected chi connectivity index (χ1v) is 8.85. The molecule has 0 spiro atoms. The normalized spacial score (nSPS) is 11.7. The van der Waals surface area contributed by atoms with Gasteiger partial charge in [0.15, 0.2) is 34.6 Å². The lowest BCUT2D eigenvalue weighted by Gasteiger charge is -2.27. The van der Waals surface area contributed by atoms with Crippen LogP contribution in [-0.4, -0.2) is 28.5 Å². The minimum atomic E-state index is -1.46. The molecule has 0 bridgehead atoms. The van der Waals surface area contributed by atoms with Gasteiger partial charge in [-0.25, -0.2) is 22.0 Å². The Morgan fingerprint density at radius 1 is 0.900 bits per heavy atom. The second-order valence-electron chi connectivity index (χ2n) is 6.93. The van der Waals surface area contributed by atoms with E-state index in [-0.39, 0.29) is 30.4 Å². The maximum atomic E-state index is 14.3. The lowest BCUT2D eigenvalue weighted by Crippen LogP contribution is -2.31. The Hall–Kier alpha value is -3.01. The monoisotopic (exact) mass is 427 g/mol. The SMILES string of the molecule is COCCn1c(-c2ccc(F)cc2F)nnc1C(C)(C)Oc1c(F)cc(F)cc1F. The summed E-state index contributed by atoms with van der Waals surface area (Å²) in [4.78, 5) is 0. The summed E-state index contributed by atoms with van der Waals surface area (Å²) in [6.07, 6.45) is 0. The largest absolute Gasteiger partial charge is 0.474 e. The van der Waals surface area contributed by atoms with E-state index in [1.807, 2.05) is 0 Å². The highest BCUT2D eigenvalue weighted by molar-refractivity contribution is 5.56. The molecule has 0 saturated heterocycles. The fraction of sp³-hybridized carbons (Fsp3) is 0.300. The molecule has 0 amide bonds. The van der Waals surface area contributed by atoms with Crippen LogP contribution in [-0.2, 0) is 16.9 Å². The zero-order valence-electron chi connectivity index (χ0n) is 16.3. The van der Waals surface area contributed by atoms with Gasteiger partial charge in [0.1, 0.15) is 17.5 Å². The van der Waals surface area contributed by atoms with Crippen LogP contribution >= 0.6 is 0 Å². The second kappa shape index (κ2) is 8.39. The van der Waals surface area contributed by atoms with Crippen LogP contribution < -0.4 is 4.74 Å². The third-order valence-electron chi connectivity index (χ3n) is 4.30. The fourth-order valence-electron chi connectivity index (χ4n) is 2.94. The van der Waals surface area contributed by atoms with Crippen molar-refractivity contribution in [1.82, 2.24) is 14.8 Å². The first-order chi connectivity index (χ1) is 14.1. The number of methoxy groups -OCH3 is 1. The van der Waals surface area contributed by atoms with Crippen LogP contribution in [0, 0.1) is 29.1 Å². The minimum absolute atomic E-state index is 0.0267. The van der Waals surface area contributed by atoms with Gasteiger partial charge in [-0.05, 0) is 26.0 Å². The summed E-state index contributed by atoms with van der Waals surface area (Å²) in [5.41, 5.74) is -1.49. The number of nitrogens with zero attached hydrogens (tertiary/aromatic N) is 3. The molecular formula is C20H18F5N3O2. The molecule has 10 heteroatoms. The van der Waals surface area contributed by atoms with Gasteiger partial charge in [-0.2, -0.15) is 0 Å². The molecule has 0 unspecified atom stereocenters. The standard InChI is InChI=1S/C20H18F5N3O2/c1-20(2,30-17-15(24)9-12(22)10-16(17)25)19-27-26-18(28(19)6-7-29-3)13-5-4-11(21)8-14(13)23/h4-5,8-10H,6-7H2,1-3H3. The molecule has 2 aromatic carbocycles. The molecule has 0 aliphatic rings. The van der Waals surface area contributed by atoms with Crippen molar-refractivity contribution >= 4 is 0 Å². The summed E-state index contributed by atoms with van der Waals surface area (Å²) >= 11 is 0. The van der Waals surface area contributed by atoms with Crippen molar-refractivity contribution in [1.29, 1.82) is 0 Å². The van der Waals surface area contributed by atoms with Gasteiger partial charge >= 0.3 is 0 Å². The Labute approximate surface area is 169 Å². The van der Waals surface area contributed by atoms with E-state index < -0.39 is 40.4 Å². The number of ether oxygens (including phenoxy) is 2. The van der Waals surface area contributed by atoms with Crippen LogP contribution in [0.25, 0.3) is 11.4 Å². The van der Waals surface area contributed by atoms with Crippen LogP contribution in [0.3, 0.4) is 0 Å². The molecule has 160 valence electrons. The zero-order valence-corrected chi connectivity index (χ0v) is 16.3. The minimum Gasteiger partial charge on any atom is -0.474 e. The quantitative estimate of drug-likeness (QED) is 0.517. The van der Waals surface area contributed by atoms with Crippen molar-refractivity contribution in [2.45, 2.75) is 26.0 Å². The smallest absolute Gasteiger partial charge is 0.192 e. The van der Waals surface area contributed by atoms with Gasteiger partial charge in [0.05, 0.1) is 12.2 Å². The van der Waals surface area contributed by atoms with Crippen LogP contribution in [0.4, 0.5) is 22.0 Å². The van der Waals surface area contributed by atoms with E-state index in [2.05, 4.69) is 10.2 Å². The number of hydrogen-bond donors (Lipinski definition) is 0. The summed E-state index contributed by atoms with van der Waals surface area (Å²) < 4.78 is 80.9. The summed E-state index contributed by atoms with van der Waals surface area (Å²) in [5.74, 6) is -5.81. The number of benzene rings is 2. The van der Waals surface area contributed by atoms with Crippen LogP contribution in [0.15, 0.2) is 30.3 Å². The Kier molecular flexibility index (Phi) is 6.06. The summed E-state index contributed by atoms with van der Waals surface area (Å²) in [6.45, 7) is 3.25. The van der Waals surface area contributed by atoms with Gasteiger partial charge in [-0.3, -0.25) is 0 Å². The van der Waals surface area contributed by atoms with Gasteiger partial charge in [-0.1, -0.05) is 0 Å². The molecule has 0 fully saturated rings. The van der Waals surface area contributed by atoms with Crippen molar-refractivity contribution in [2.75, 3.05) is 13.7 Å². The van der Waals surface area contributed by atoms with Crippen molar-refractivity contribution in [3.63, 3.8) is 0 Å². The predicted molar refractivity (Wildman–Crippen MR) is 97.2 cm³/mol. The van der Waals surface area contributed by atoms with E-state index in [1.165, 1.54) is 31.6 Å². The first-order valence-electron chi connectivity index (χ1n) is 8.85. The van der Waals surface area contributed by atoms with E-state index in [9.17, 15) is 22.0 Å². The Bertz CT molecular complexity index is 1050. The van der Waals surface area contributed by atoms with Crippen LogP contribution in [0.1, 0.15) is 19.7 Å². The first kappa shape index (κ1) is 21.7. The van der Waals surface area contributed by atoms with E-state index in [0.717, 1.165) is 6.07 Å². The zero-order chi connectivity index (χ0) is 22.1. The average molecular weight is 427 g/mol. The molecule has 3 rings (SSSR count). The summed E-state index contributed by atoms with van der Waals surface area (Å²) in [5, 5.41) is 7.97. The van der Waals surface area contributed by atoms with Gasteiger partial charge in [-0.15, -0.1) is 10.2 Å². The maximum absolute atomic E-state index is 14.3. The molecule has 3 aromatic rings. The third-order valence-corrected chi connectivity index (χ3v) is 4.30. The van der Waals surface area contributed by atoms with Crippen LogP contribution in [0.5, 0.6) is 5.75 Å². The van der Waals surface area contributed by atoms with Gasteiger partial charge < -0.3 is 14.0 Å². The third kappa shape index (κ3) is 4.28. The van der Waals surface area contributed by atoms with Crippen molar-refractivity contribution < 1.29 is 31.4 Å². The molecular weight excluding hydrogens is 409 g/mol. The summed E-state index contributed by atoms with van der Waals surface area (Å²) in [6, 6.07) is 3.95. The lowest BCUT2D eigenvalue weighted by molar-refractivity contribution is 0.0800. The van der Waals surface area contributed by atoms with E-state index in [0.29, 0.717) is 18.2 Å². The Morgan fingerprint density at radius 2 is 1.53 bits per heavy atom. The number of rotatable bonds is 7. The highest BCUT2D eigenvalue weighted by atomic mass is 19.2. The van der Waals surface area contributed by atoms with Crippen molar-refractivity contribution in [3.05, 3.63) is 65.2 Å². The number of aromatic nitrogens is 3. The van der Waals surface area contributed by atoms with Crippen LogP contribution in [0.2, 0.25) is 0 Å². The molecule has 0 aliphatic heterocycles. The molecule has 0 radical (unpaired) electrons. The number of halogens is 5. The van der Waals surface area contributed by atoms with E-state index >= 15 is 0 Å². The lowest BCUT2D eigenvalue weighted by atomic mass is 10.1. The van der Waals surface area contributed by atoms with E-state index in [1.54, 1.807) is 0 Å². The van der Waals surface area contributed by atoms with E-state index in [4.69, 9.17) is 9.47 Å². The average Bonchev–Trinajstić information content (AvgIpc) is 3.07. The summed E-state index contributed by atoms with van der Waals surface area (Å²) in [7, 11) is 1.45. The molecule has 0 aliphatic carbocycles. The maximum Gasteiger partial charge on any atom is 0.192 e. The fourth-order valence-corrected chi connectivity index (χ4v) is 2.94. The molecule has 30 heavy (non-hydrogen) atoms. The Morgan fingerprint density at radius 3 is 2.13 bits per heavy atom. The van der Waals surface area contributed by atoms with Crippen molar-refractivity contribution in [3.8, 4) is 17.1 Å². The molecule has 0 N–H and O–H groups in total. The predicted octanol–water partition coefficient (Wildman–Crippen LogP) is 4.60. The molecule has 1 heterocycles. The molecule has 0 saturated carbocycles. The van der Waals surface area contributed by atoms with Gasteiger partial charge in [0, 0.05) is 31.9 Å². The molecule has 5 nitrogen and oxygen atoms in total. The van der Waals surface area contributed by atoms with Gasteiger partial charge in [0.25, 0.3) is 0 Å². The highest BCUT2D eigenvalue weighted by Gasteiger charge is 2.33. The highest BCUT2D eigenvalue weighted by Crippen LogP contribution is 2.33. The topological polar surface area (TPSA) is 49.2 Å². The molecule has 0 atom stereocenters.